The number of rotatable bonds is 3. The number of aliphatic hydroxyl groups excluding tert-OH is 1. The Morgan fingerprint density at radius 1 is 1.45 bits per heavy atom. The van der Waals surface area contributed by atoms with Crippen LogP contribution in [0.1, 0.15) is 12.5 Å². The molecule has 8 heteroatoms. The van der Waals surface area contributed by atoms with Crippen molar-refractivity contribution in [1.82, 2.24) is 4.31 Å². The van der Waals surface area contributed by atoms with Crippen molar-refractivity contribution in [1.29, 1.82) is 0 Å². The SMILES string of the molecule is CC1CSCCN1S(=O)(=O)c1ccc(Cl)c(CO)c1Cl. The van der Waals surface area contributed by atoms with Crippen LogP contribution >= 0.6 is 35.0 Å². The minimum absolute atomic E-state index is 0.00502. The van der Waals surface area contributed by atoms with Gasteiger partial charge in [-0.2, -0.15) is 16.1 Å². The van der Waals surface area contributed by atoms with Crippen LogP contribution in [0.2, 0.25) is 10.0 Å². The number of halogens is 2. The summed E-state index contributed by atoms with van der Waals surface area (Å²) in [7, 11) is -3.67. The molecule has 0 radical (unpaired) electrons. The molecule has 0 amide bonds. The van der Waals surface area contributed by atoms with Gasteiger partial charge in [-0.05, 0) is 19.1 Å². The van der Waals surface area contributed by atoms with E-state index in [1.54, 1.807) is 11.8 Å². The number of hydrogen-bond acceptors (Lipinski definition) is 4. The number of sulfonamides is 1. The Labute approximate surface area is 133 Å². The second kappa shape index (κ2) is 6.42. The second-order valence-corrected chi connectivity index (χ2v) is 8.33. The van der Waals surface area contributed by atoms with E-state index >= 15 is 0 Å². The van der Waals surface area contributed by atoms with Crippen molar-refractivity contribution in [2.75, 3.05) is 18.1 Å². The molecule has 1 aliphatic heterocycles. The molecule has 0 bridgehead atoms. The van der Waals surface area contributed by atoms with E-state index in [4.69, 9.17) is 23.2 Å². The lowest BCUT2D eigenvalue weighted by Gasteiger charge is -2.32. The zero-order valence-electron chi connectivity index (χ0n) is 10.8. The predicted octanol–water partition coefficient (Wildman–Crippen LogP) is 2.61. The Bertz CT molecular complexity index is 607. The van der Waals surface area contributed by atoms with Gasteiger partial charge in [0.2, 0.25) is 10.0 Å². The summed E-state index contributed by atoms with van der Waals surface area (Å²) in [5, 5.41) is 9.54. The van der Waals surface area contributed by atoms with Crippen LogP contribution in [-0.4, -0.2) is 41.9 Å². The maximum atomic E-state index is 12.7. The summed E-state index contributed by atoms with van der Waals surface area (Å²) in [5.74, 6) is 1.53. The standard InChI is InChI=1S/C12H15Cl2NO3S2/c1-8-7-19-5-4-15(8)20(17,18)11-3-2-10(13)9(6-16)12(11)14/h2-3,8,16H,4-7H2,1H3. The fraction of sp³-hybridized carbons (Fsp3) is 0.500. The van der Waals surface area contributed by atoms with Crippen molar-refractivity contribution >= 4 is 45.0 Å². The Hall–Kier alpha value is 0.0200. The van der Waals surface area contributed by atoms with E-state index in [9.17, 15) is 13.5 Å². The minimum Gasteiger partial charge on any atom is -0.392 e. The molecule has 2 rings (SSSR count). The highest BCUT2D eigenvalue weighted by molar-refractivity contribution is 7.99. The van der Waals surface area contributed by atoms with Gasteiger partial charge in [0, 0.05) is 34.7 Å². The lowest BCUT2D eigenvalue weighted by atomic mass is 10.2. The van der Waals surface area contributed by atoms with E-state index in [1.165, 1.54) is 16.4 Å². The van der Waals surface area contributed by atoms with Crippen molar-refractivity contribution in [3.8, 4) is 0 Å². The third kappa shape index (κ3) is 2.96. The molecule has 0 aromatic heterocycles. The Morgan fingerprint density at radius 3 is 2.75 bits per heavy atom. The van der Waals surface area contributed by atoms with Crippen LogP contribution in [0.5, 0.6) is 0 Å². The van der Waals surface area contributed by atoms with Crippen molar-refractivity contribution < 1.29 is 13.5 Å². The molecule has 1 aliphatic rings. The Kier molecular flexibility index (Phi) is 5.26. The average molecular weight is 356 g/mol. The van der Waals surface area contributed by atoms with Gasteiger partial charge in [-0.3, -0.25) is 0 Å². The normalized spacial score (nSPS) is 21.1. The highest BCUT2D eigenvalue weighted by atomic mass is 35.5. The Morgan fingerprint density at radius 2 is 2.15 bits per heavy atom. The monoisotopic (exact) mass is 355 g/mol. The molecule has 1 atom stereocenters. The van der Waals surface area contributed by atoms with Gasteiger partial charge in [0.15, 0.2) is 0 Å². The molecule has 1 unspecified atom stereocenters. The van der Waals surface area contributed by atoms with Gasteiger partial charge < -0.3 is 5.11 Å². The predicted molar refractivity (Wildman–Crippen MR) is 83.1 cm³/mol. The van der Waals surface area contributed by atoms with Crippen LogP contribution in [-0.2, 0) is 16.6 Å². The van der Waals surface area contributed by atoms with E-state index in [0.717, 1.165) is 11.5 Å². The van der Waals surface area contributed by atoms with E-state index in [-0.39, 0.29) is 26.5 Å². The molecule has 0 saturated carbocycles. The second-order valence-electron chi connectivity index (χ2n) is 4.54. The van der Waals surface area contributed by atoms with Crippen LogP contribution in [0.4, 0.5) is 0 Å². The van der Waals surface area contributed by atoms with Gasteiger partial charge in [-0.1, -0.05) is 23.2 Å². The van der Waals surface area contributed by atoms with Crippen LogP contribution in [0.3, 0.4) is 0 Å². The molecule has 0 spiro atoms. The maximum absolute atomic E-state index is 12.7. The van der Waals surface area contributed by atoms with E-state index in [1.807, 2.05) is 6.92 Å². The van der Waals surface area contributed by atoms with Gasteiger partial charge in [0.25, 0.3) is 0 Å². The summed E-state index contributed by atoms with van der Waals surface area (Å²) in [6.07, 6.45) is 0. The lowest BCUT2D eigenvalue weighted by molar-refractivity contribution is 0.281. The third-order valence-corrected chi connectivity index (χ3v) is 7.35. The van der Waals surface area contributed by atoms with Crippen molar-refractivity contribution in [3.63, 3.8) is 0 Å². The first kappa shape index (κ1) is 16.4. The Balaban J connectivity index is 2.49. The summed E-state index contributed by atoms with van der Waals surface area (Å²) in [5.41, 5.74) is 0.244. The average Bonchev–Trinajstić information content (AvgIpc) is 2.39. The fourth-order valence-corrected chi connectivity index (χ4v) is 5.84. The summed E-state index contributed by atoms with van der Waals surface area (Å²) in [4.78, 5) is 0.00590. The van der Waals surface area contributed by atoms with Crippen LogP contribution < -0.4 is 0 Å². The van der Waals surface area contributed by atoms with Crippen molar-refractivity contribution in [2.24, 2.45) is 0 Å². The van der Waals surface area contributed by atoms with Crippen LogP contribution in [0.25, 0.3) is 0 Å². The molecular formula is C12H15Cl2NO3S2. The molecule has 1 heterocycles. The summed E-state index contributed by atoms with van der Waals surface area (Å²) >= 11 is 13.8. The van der Waals surface area contributed by atoms with E-state index in [2.05, 4.69) is 0 Å². The maximum Gasteiger partial charge on any atom is 0.244 e. The van der Waals surface area contributed by atoms with E-state index < -0.39 is 16.6 Å². The molecule has 0 aliphatic carbocycles. The zero-order valence-corrected chi connectivity index (χ0v) is 14.0. The number of benzene rings is 1. The molecule has 112 valence electrons. The molecule has 20 heavy (non-hydrogen) atoms. The highest BCUT2D eigenvalue weighted by Crippen LogP contribution is 2.34. The molecule has 1 aromatic rings. The zero-order chi connectivity index (χ0) is 14.9. The molecular weight excluding hydrogens is 341 g/mol. The summed E-state index contributed by atoms with van der Waals surface area (Å²) in [6.45, 7) is 1.94. The van der Waals surface area contributed by atoms with Crippen LogP contribution in [0.15, 0.2) is 17.0 Å². The quantitative estimate of drug-likeness (QED) is 0.905. The molecule has 4 nitrogen and oxygen atoms in total. The smallest absolute Gasteiger partial charge is 0.244 e. The number of nitrogens with zero attached hydrogens (tertiary/aromatic N) is 1. The van der Waals surface area contributed by atoms with Gasteiger partial charge in [-0.15, -0.1) is 0 Å². The highest BCUT2D eigenvalue weighted by Gasteiger charge is 2.33. The topological polar surface area (TPSA) is 57.6 Å². The number of thioether (sulfide) groups is 1. The fourth-order valence-electron chi connectivity index (χ4n) is 2.12. The van der Waals surface area contributed by atoms with Gasteiger partial charge in [0.1, 0.15) is 4.90 Å². The summed E-state index contributed by atoms with van der Waals surface area (Å²) < 4.78 is 26.9. The molecule has 1 saturated heterocycles. The minimum atomic E-state index is -3.67. The van der Waals surface area contributed by atoms with Gasteiger partial charge >= 0.3 is 0 Å². The van der Waals surface area contributed by atoms with Crippen LogP contribution in [0, 0.1) is 0 Å². The first-order chi connectivity index (χ1) is 9.39. The van der Waals surface area contributed by atoms with Gasteiger partial charge in [-0.25, -0.2) is 8.42 Å². The molecule has 1 fully saturated rings. The number of aliphatic hydroxyl groups is 1. The number of hydrogen-bond donors (Lipinski definition) is 1. The molecule has 1 N–H and O–H groups in total. The van der Waals surface area contributed by atoms with Crippen molar-refractivity contribution in [3.05, 3.63) is 27.7 Å². The first-order valence-electron chi connectivity index (χ1n) is 6.07. The summed E-state index contributed by atoms with van der Waals surface area (Å²) in [6, 6.07) is 2.77. The third-order valence-electron chi connectivity index (χ3n) is 3.20. The largest absolute Gasteiger partial charge is 0.392 e. The van der Waals surface area contributed by atoms with Gasteiger partial charge in [0.05, 0.1) is 11.6 Å². The first-order valence-corrected chi connectivity index (χ1v) is 9.42. The molecule has 1 aromatic carbocycles. The lowest BCUT2D eigenvalue weighted by Crippen LogP contribution is -2.44. The van der Waals surface area contributed by atoms with Crippen molar-refractivity contribution in [2.45, 2.75) is 24.5 Å². The van der Waals surface area contributed by atoms with E-state index in [0.29, 0.717) is 6.54 Å².